The number of hydrogen-bond donors (Lipinski definition) is 0. The maximum Gasteiger partial charge on any atom is 0.303 e. The van der Waals surface area contributed by atoms with E-state index in [0.29, 0.717) is 0 Å². The van der Waals surface area contributed by atoms with Crippen molar-refractivity contribution in [3.8, 4) is 6.07 Å². The number of carbonyl (C=O) groups excluding carboxylic acids is 1. The van der Waals surface area contributed by atoms with Gasteiger partial charge in [-0.2, -0.15) is 5.26 Å². The van der Waals surface area contributed by atoms with Crippen molar-refractivity contribution in [3.05, 3.63) is 0 Å². The van der Waals surface area contributed by atoms with Crippen LogP contribution in [0.15, 0.2) is 0 Å². The lowest BCUT2D eigenvalue weighted by Gasteiger charge is -2.11. The zero-order valence-electron chi connectivity index (χ0n) is 6.42. The number of rotatable bonds is 2. The largest absolute Gasteiger partial charge is 0.447 e. The molecule has 0 aromatic carbocycles. The second-order valence-corrected chi connectivity index (χ2v) is 2.40. The van der Waals surface area contributed by atoms with Gasteiger partial charge in [0, 0.05) is 12.8 Å². The van der Waals surface area contributed by atoms with Gasteiger partial charge < -0.3 is 4.74 Å². The number of esters is 1. The molecular weight excluding hydrogens is 130 g/mol. The molecule has 3 heteroatoms. The molecule has 1 atom stereocenters. The molecule has 0 bridgehead atoms. The minimum Gasteiger partial charge on any atom is -0.447 e. The molecule has 0 aliphatic carbocycles. The Labute approximate surface area is 60.6 Å². The first-order valence-electron chi connectivity index (χ1n) is 3.14. The van der Waals surface area contributed by atoms with Crippen molar-refractivity contribution >= 4 is 5.97 Å². The van der Waals surface area contributed by atoms with Crippen LogP contribution in [0.1, 0.15) is 20.8 Å². The van der Waals surface area contributed by atoms with Gasteiger partial charge in [0.15, 0.2) is 6.10 Å². The van der Waals surface area contributed by atoms with Crippen molar-refractivity contribution in [1.29, 1.82) is 5.26 Å². The smallest absolute Gasteiger partial charge is 0.303 e. The van der Waals surface area contributed by atoms with E-state index in [2.05, 4.69) is 4.74 Å². The van der Waals surface area contributed by atoms with Gasteiger partial charge >= 0.3 is 5.97 Å². The Bertz CT molecular complexity index is 157. The lowest BCUT2D eigenvalue weighted by Crippen LogP contribution is -2.19. The number of nitrogens with zero attached hydrogens (tertiary/aromatic N) is 1. The molecule has 0 heterocycles. The van der Waals surface area contributed by atoms with Crippen LogP contribution in [0.4, 0.5) is 0 Å². The fourth-order valence-electron chi connectivity index (χ4n) is 0.490. The van der Waals surface area contributed by atoms with Crippen LogP contribution in [-0.2, 0) is 9.53 Å². The second kappa shape index (κ2) is 3.89. The van der Waals surface area contributed by atoms with Crippen molar-refractivity contribution in [2.75, 3.05) is 0 Å². The highest BCUT2D eigenvalue weighted by Gasteiger charge is 2.14. The third-order valence-corrected chi connectivity index (χ3v) is 1.03. The van der Waals surface area contributed by atoms with E-state index in [1.165, 1.54) is 6.92 Å². The van der Waals surface area contributed by atoms with Crippen LogP contribution in [0.3, 0.4) is 0 Å². The van der Waals surface area contributed by atoms with Gasteiger partial charge in [0.05, 0.1) is 0 Å². The van der Waals surface area contributed by atoms with Crippen LogP contribution < -0.4 is 0 Å². The Morgan fingerprint density at radius 3 is 2.20 bits per heavy atom. The Hall–Kier alpha value is -1.04. The summed E-state index contributed by atoms with van der Waals surface area (Å²) in [4.78, 5) is 10.3. The van der Waals surface area contributed by atoms with E-state index in [1.54, 1.807) is 0 Å². The minimum atomic E-state index is -0.600. The molecule has 0 aromatic rings. The molecule has 0 radical (unpaired) electrons. The van der Waals surface area contributed by atoms with E-state index in [1.807, 2.05) is 19.9 Å². The topological polar surface area (TPSA) is 50.1 Å². The molecule has 0 amide bonds. The summed E-state index contributed by atoms with van der Waals surface area (Å²) in [5, 5.41) is 8.42. The normalized spacial score (nSPS) is 12.3. The monoisotopic (exact) mass is 141 g/mol. The average Bonchev–Trinajstić information content (AvgIpc) is 1.81. The fraction of sp³-hybridized carbons (Fsp3) is 0.714. The zero-order valence-corrected chi connectivity index (χ0v) is 6.42. The molecule has 1 unspecified atom stereocenters. The number of nitriles is 1. The fourth-order valence-corrected chi connectivity index (χ4v) is 0.490. The van der Waals surface area contributed by atoms with Gasteiger partial charge in [0.2, 0.25) is 0 Å². The molecule has 0 aromatic heterocycles. The number of carbonyl (C=O) groups is 1. The SMILES string of the molecule is CC(=O)OC(C#N)C(C)C. The minimum absolute atomic E-state index is 0.0638. The molecule has 0 fully saturated rings. The third kappa shape index (κ3) is 3.08. The Morgan fingerprint density at radius 1 is 1.60 bits per heavy atom. The predicted octanol–water partition coefficient (Wildman–Crippen LogP) is 1.10. The first kappa shape index (κ1) is 8.96. The summed E-state index contributed by atoms with van der Waals surface area (Å²) < 4.78 is 4.66. The van der Waals surface area contributed by atoms with E-state index in [4.69, 9.17) is 5.26 Å². The highest BCUT2D eigenvalue weighted by Crippen LogP contribution is 2.04. The summed E-state index contributed by atoms with van der Waals surface area (Å²) >= 11 is 0. The zero-order chi connectivity index (χ0) is 8.15. The van der Waals surface area contributed by atoms with Crippen molar-refractivity contribution in [1.82, 2.24) is 0 Å². The Kier molecular flexibility index (Phi) is 3.48. The van der Waals surface area contributed by atoms with Gasteiger partial charge in [-0.1, -0.05) is 13.8 Å². The van der Waals surface area contributed by atoms with Crippen LogP contribution in [0.25, 0.3) is 0 Å². The first-order chi connectivity index (χ1) is 4.57. The molecule has 0 aliphatic rings. The summed E-state index contributed by atoms with van der Waals surface area (Å²) in [5.74, 6) is -0.339. The molecule has 0 saturated heterocycles. The quantitative estimate of drug-likeness (QED) is 0.541. The van der Waals surface area contributed by atoms with E-state index >= 15 is 0 Å². The van der Waals surface area contributed by atoms with Gasteiger partial charge in [-0.05, 0) is 0 Å². The van der Waals surface area contributed by atoms with Crippen molar-refractivity contribution in [3.63, 3.8) is 0 Å². The van der Waals surface area contributed by atoms with Crippen LogP contribution in [-0.4, -0.2) is 12.1 Å². The Morgan fingerprint density at radius 2 is 2.10 bits per heavy atom. The van der Waals surface area contributed by atoms with Crippen molar-refractivity contribution in [2.45, 2.75) is 26.9 Å². The molecule has 56 valence electrons. The second-order valence-electron chi connectivity index (χ2n) is 2.40. The number of ether oxygens (including phenoxy) is 1. The molecule has 3 nitrogen and oxygen atoms in total. The highest BCUT2D eigenvalue weighted by molar-refractivity contribution is 5.66. The highest BCUT2D eigenvalue weighted by atomic mass is 16.5. The summed E-state index contributed by atoms with van der Waals surface area (Å²) in [6.45, 7) is 4.96. The van der Waals surface area contributed by atoms with E-state index < -0.39 is 12.1 Å². The van der Waals surface area contributed by atoms with Gasteiger partial charge in [0.1, 0.15) is 6.07 Å². The van der Waals surface area contributed by atoms with Gasteiger partial charge in [-0.3, -0.25) is 4.79 Å². The van der Waals surface area contributed by atoms with E-state index in [0.717, 1.165) is 0 Å². The summed E-state index contributed by atoms with van der Waals surface area (Å²) in [7, 11) is 0. The van der Waals surface area contributed by atoms with Crippen LogP contribution in [0, 0.1) is 17.2 Å². The average molecular weight is 141 g/mol. The van der Waals surface area contributed by atoms with Crippen molar-refractivity contribution < 1.29 is 9.53 Å². The van der Waals surface area contributed by atoms with E-state index in [9.17, 15) is 4.79 Å². The summed E-state index contributed by atoms with van der Waals surface area (Å²) in [6, 6.07) is 1.89. The molecule has 10 heavy (non-hydrogen) atoms. The van der Waals surface area contributed by atoms with Gasteiger partial charge in [-0.25, -0.2) is 0 Å². The van der Waals surface area contributed by atoms with Gasteiger partial charge in [0.25, 0.3) is 0 Å². The predicted molar refractivity (Wildman–Crippen MR) is 36.0 cm³/mol. The Balaban J connectivity index is 3.87. The lowest BCUT2D eigenvalue weighted by atomic mass is 10.1. The standard InChI is InChI=1S/C7H11NO2/c1-5(2)7(4-8)10-6(3)9/h5,7H,1-3H3. The first-order valence-corrected chi connectivity index (χ1v) is 3.14. The maximum absolute atomic E-state index is 10.3. The van der Waals surface area contributed by atoms with Crippen LogP contribution >= 0.6 is 0 Å². The summed E-state index contributed by atoms with van der Waals surface area (Å²) in [5.41, 5.74) is 0. The maximum atomic E-state index is 10.3. The molecule has 0 saturated carbocycles. The molecule has 0 spiro atoms. The van der Waals surface area contributed by atoms with Crippen molar-refractivity contribution in [2.24, 2.45) is 5.92 Å². The van der Waals surface area contributed by atoms with Crippen LogP contribution in [0.5, 0.6) is 0 Å². The van der Waals surface area contributed by atoms with Crippen LogP contribution in [0.2, 0.25) is 0 Å². The molecule has 0 rings (SSSR count). The molecular formula is C7H11NO2. The molecule has 0 aliphatic heterocycles. The lowest BCUT2D eigenvalue weighted by molar-refractivity contribution is -0.145. The third-order valence-electron chi connectivity index (χ3n) is 1.03. The summed E-state index contributed by atoms with van der Waals surface area (Å²) in [6.07, 6.45) is -0.600. The van der Waals surface area contributed by atoms with Gasteiger partial charge in [-0.15, -0.1) is 0 Å². The van der Waals surface area contributed by atoms with E-state index in [-0.39, 0.29) is 5.92 Å². The molecule has 0 N–H and O–H groups in total. The number of hydrogen-bond acceptors (Lipinski definition) is 3.